The summed E-state index contributed by atoms with van der Waals surface area (Å²) < 4.78 is 41.4. The number of nitrogens with zero attached hydrogens (tertiary/aromatic N) is 1. The molecule has 1 amide bonds. The van der Waals surface area contributed by atoms with Gasteiger partial charge in [0, 0.05) is 17.1 Å². The van der Waals surface area contributed by atoms with Crippen LogP contribution in [0, 0.1) is 5.82 Å². The second kappa shape index (κ2) is 6.44. The van der Waals surface area contributed by atoms with Gasteiger partial charge in [-0.25, -0.2) is 9.37 Å². The normalized spacial score (nSPS) is 10.7. The molecule has 9 heteroatoms. The van der Waals surface area contributed by atoms with Crippen LogP contribution in [0.15, 0.2) is 23.6 Å². The third-order valence-electron chi connectivity index (χ3n) is 2.34. The van der Waals surface area contributed by atoms with Crippen LogP contribution in [0.5, 0.6) is 5.75 Å². The Morgan fingerprint density at radius 3 is 2.81 bits per heavy atom. The highest BCUT2D eigenvalue weighted by molar-refractivity contribution is 7.13. The molecule has 0 aliphatic carbocycles. The largest absolute Gasteiger partial charge is 0.432 e. The molecule has 0 fully saturated rings. The number of nitrogens with two attached hydrogens (primary N) is 1. The zero-order valence-electron chi connectivity index (χ0n) is 10.5. The molecule has 0 spiro atoms. The van der Waals surface area contributed by atoms with Crippen LogP contribution in [0.2, 0.25) is 0 Å². The Kier molecular flexibility index (Phi) is 4.63. The number of benzene rings is 1. The molecule has 3 N–H and O–H groups in total. The van der Waals surface area contributed by atoms with Gasteiger partial charge in [0.25, 0.3) is 0 Å². The summed E-state index contributed by atoms with van der Waals surface area (Å²) in [4.78, 5) is 15.6. The molecule has 0 atom stereocenters. The standard InChI is InChI=1S/C12H10F3N3O2S/c13-8-3-6(1-2-9(8)20-11(14)15)17-10(19)4-7-5-21-12(16)18-7/h1-3,5,11H,4H2,(H2,16,18)(H,17,19). The number of ether oxygens (including phenoxy) is 1. The molecular formula is C12H10F3N3O2S. The minimum absolute atomic E-state index is 0.0232. The van der Waals surface area contributed by atoms with Gasteiger partial charge in [0.1, 0.15) is 0 Å². The molecule has 5 nitrogen and oxygen atoms in total. The van der Waals surface area contributed by atoms with Crippen molar-refractivity contribution >= 4 is 28.1 Å². The molecule has 2 rings (SSSR count). The molecule has 1 aromatic carbocycles. The quantitative estimate of drug-likeness (QED) is 0.889. The molecule has 0 radical (unpaired) electrons. The van der Waals surface area contributed by atoms with E-state index in [1.165, 1.54) is 17.4 Å². The van der Waals surface area contributed by atoms with Crippen molar-refractivity contribution in [1.29, 1.82) is 0 Å². The highest BCUT2D eigenvalue weighted by atomic mass is 32.1. The van der Waals surface area contributed by atoms with Gasteiger partial charge >= 0.3 is 6.61 Å². The Bertz CT molecular complexity index is 648. The molecule has 0 saturated carbocycles. The smallest absolute Gasteiger partial charge is 0.387 e. The first-order chi connectivity index (χ1) is 9.94. The fourth-order valence-electron chi connectivity index (χ4n) is 1.54. The highest BCUT2D eigenvalue weighted by Crippen LogP contribution is 2.23. The number of anilines is 2. The van der Waals surface area contributed by atoms with Crippen LogP contribution >= 0.6 is 11.3 Å². The van der Waals surface area contributed by atoms with Gasteiger partial charge in [0.15, 0.2) is 16.7 Å². The molecule has 0 aliphatic heterocycles. The molecule has 0 bridgehead atoms. The van der Waals surface area contributed by atoms with Gasteiger partial charge in [0.2, 0.25) is 5.91 Å². The summed E-state index contributed by atoms with van der Waals surface area (Å²) in [6.45, 7) is -3.12. The maximum atomic E-state index is 13.5. The number of carbonyl (C=O) groups is 1. The van der Waals surface area contributed by atoms with Crippen LogP contribution in [0.4, 0.5) is 24.0 Å². The molecule has 2 aromatic rings. The summed E-state index contributed by atoms with van der Waals surface area (Å²) in [6, 6.07) is 3.16. The maximum absolute atomic E-state index is 13.5. The van der Waals surface area contributed by atoms with E-state index in [1.54, 1.807) is 5.38 Å². The highest BCUT2D eigenvalue weighted by Gasteiger charge is 2.12. The lowest BCUT2D eigenvalue weighted by Crippen LogP contribution is -2.15. The lowest BCUT2D eigenvalue weighted by molar-refractivity contribution is -0.115. The third-order valence-corrected chi connectivity index (χ3v) is 3.07. The second-order valence-electron chi connectivity index (χ2n) is 3.93. The fraction of sp³-hybridized carbons (Fsp3) is 0.167. The van der Waals surface area contributed by atoms with E-state index < -0.39 is 24.1 Å². The lowest BCUT2D eigenvalue weighted by Gasteiger charge is -2.08. The Morgan fingerprint density at radius 1 is 1.48 bits per heavy atom. The van der Waals surface area contributed by atoms with Crippen molar-refractivity contribution in [3.05, 3.63) is 35.1 Å². The zero-order chi connectivity index (χ0) is 15.4. The van der Waals surface area contributed by atoms with Crippen molar-refractivity contribution in [2.24, 2.45) is 0 Å². The molecule has 0 aliphatic rings. The molecule has 0 saturated heterocycles. The Morgan fingerprint density at radius 2 is 2.24 bits per heavy atom. The van der Waals surface area contributed by atoms with Gasteiger partial charge in [-0.1, -0.05) is 0 Å². The van der Waals surface area contributed by atoms with E-state index in [2.05, 4.69) is 15.0 Å². The first kappa shape index (κ1) is 15.1. The summed E-state index contributed by atoms with van der Waals surface area (Å²) in [6.07, 6.45) is -0.0232. The van der Waals surface area contributed by atoms with E-state index in [0.29, 0.717) is 10.8 Å². The monoisotopic (exact) mass is 317 g/mol. The number of aromatic nitrogens is 1. The van der Waals surface area contributed by atoms with Gasteiger partial charge in [0.05, 0.1) is 12.1 Å². The predicted octanol–water partition coefficient (Wildman–Crippen LogP) is 2.65. The zero-order valence-corrected chi connectivity index (χ0v) is 11.3. The minimum Gasteiger partial charge on any atom is -0.432 e. The number of rotatable bonds is 5. The van der Waals surface area contributed by atoms with Gasteiger partial charge < -0.3 is 15.8 Å². The van der Waals surface area contributed by atoms with Crippen LogP contribution in [0.3, 0.4) is 0 Å². The van der Waals surface area contributed by atoms with E-state index in [4.69, 9.17) is 5.73 Å². The van der Waals surface area contributed by atoms with Crippen LogP contribution in [-0.4, -0.2) is 17.5 Å². The van der Waals surface area contributed by atoms with E-state index in [1.807, 2.05) is 0 Å². The Balaban J connectivity index is 1.99. The van der Waals surface area contributed by atoms with Gasteiger partial charge in [-0.3, -0.25) is 4.79 Å². The number of hydrogen-bond donors (Lipinski definition) is 2. The first-order valence-electron chi connectivity index (χ1n) is 5.68. The number of nitrogens with one attached hydrogen (secondary N) is 1. The fourth-order valence-corrected chi connectivity index (χ4v) is 2.11. The number of amides is 1. The molecule has 112 valence electrons. The predicted molar refractivity (Wildman–Crippen MR) is 71.9 cm³/mol. The van der Waals surface area contributed by atoms with Gasteiger partial charge in [-0.15, -0.1) is 11.3 Å². The molecular weight excluding hydrogens is 307 g/mol. The lowest BCUT2D eigenvalue weighted by atomic mass is 10.2. The van der Waals surface area contributed by atoms with E-state index in [0.717, 1.165) is 12.1 Å². The van der Waals surface area contributed by atoms with Gasteiger partial charge in [-0.2, -0.15) is 8.78 Å². The van der Waals surface area contributed by atoms with Crippen LogP contribution in [0.25, 0.3) is 0 Å². The van der Waals surface area contributed by atoms with E-state index >= 15 is 0 Å². The summed E-state index contributed by atoms with van der Waals surface area (Å²) in [5, 5.41) is 4.40. The van der Waals surface area contributed by atoms with Crippen LogP contribution in [-0.2, 0) is 11.2 Å². The van der Waals surface area contributed by atoms with Crippen molar-refractivity contribution in [2.75, 3.05) is 11.1 Å². The van der Waals surface area contributed by atoms with E-state index in [-0.39, 0.29) is 12.1 Å². The summed E-state index contributed by atoms with van der Waals surface area (Å²) >= 11 is 1.20. The third kappa shape index (κ3) is 4.35. The van der Waals surface area contributed by atoms with E-state index in [9.17, 15) is 18.0 Å². The second-order valence-corrected chi connectivity index (χ2v) is 4.82. The average molecular weight is 317 g/mol. The van der Waals surface area contributed by atoms with Crippen molar-refractivity contribution in [3.8, 4) is 5.75 Å². The maximum Gasteiger partial charge on any atom is 0.387 e. The number of hydrogen-bond acceptors (Lipinski definition) is 5. The van der Waals surface area contributed by atoms with Crippen LogP contribution in [0.1, 0.15) is 5.69 Å². The van der Waals surface area contributed by atoms with Crippen molar-refractivity contribution in [1.82, 2.24) is 4.98 Å². The van der Waals surface area contributed by atoms with Crippen molar-refractivity contribution in [2.45, 2.75) is 13.0 Å². The number of halogens is 3. The summed E-state index contributed by atoms with van der Waals surface area (Å²) in [5.41, 5.74) is 6.05. The summed E-state index contributed by atoms with van der Waals surface area (Å²) in [7, 11) is 0. The van der Waals surface area contributed by atoms with Crippen molar-refractivity contribution in [3.63, 3.8) is 0 Å². The molecule has 0 unspecified atom stereocenters. The molecule has 1 aromatic heterocycles. The average Bonchev–Trinajstić information content (AvgIpc) is 2.77. The van der Waals surface area contributed by atoms with Gasteiger partial charge in [-0.05, 0) is 12.1 Å². The number of thiazole rings is 1. The number of alkyl halides is 2. The topological polar surface area (TPSA) is 77.2 Å². The Hall–Kier alpha value is -2.29. The number of carbonyl (C=O) groups excluding carboxylic acids is 1. The molecule has 21 heavy (non-hydrogen) atoms. The minimum atomic E-state index is -3.12. The van der Waals surface area contributed by atoms with Crippen LogP contribution < -0.4 is 15.8 Å². The summed E-state index contributed by atoms with van der Waals surface area (Å²) in [5.74, 6) is -2.01. The van der Waals surface area contributed by atoms with Crippen molar-refractivity contribution < 1.29 is 22.7 Å². The SMILES string of the molecule is Nc1nc(CC(=O)Nc2ccc(OC(F)F)c(F)c2)cs1. The Labute approximate surface area is 121 Å². The first-order valence-corrected chi connectivity index (χ1v) is 6.56. The molecule has 1 heterocycles. The number of nitrogen functional groups attached to an aromatic ring is 1.